The highest BCUT2D eigenvalue weighted by Gasteiger charge is 2.26. The summed E-state index contributed by atoms with van der Waals surface area (Å²) in [5.74, 6) is -1.15. The molecule has 0 fully saturated rings. The van der Waals surface area contributed by atoms with Crippen LogP contribution in [0.25, 0.3) is 0 Å². The van der Waals surface area contributed by atoms with Crippen LogP contribution in [0.4, 0.5) is 5.69 Å². The van der Waals surface area contributed by atoms with Gasteiger partial charge in [-0.3, -0.25) is 14.9 Å². The summed E-state index contributed by atoms with van der Waals surface area (Å²) in [6, 6.07) is 1.50. The van der Waals surface area contributed by atoms with E-state index in [0.29, 0.717) is 11.1 Å². The molecule has 5 nitrogen and oxygen atoms in total. The van der Waals surface area contributed by atoms with Crippen LogP contribution in [-0.2, 0) is 0 Å². The molecule has 0 bridgehead atoms. The van der Waals surface area contributed by atoms with Crippen molar-refractivity contribution in [1.82, 2.24) is 0 Å². The molecule has 0 saturated carbocycles. The van der Waals surface area contributed by atoms with Gasteiger partial charge < -0.3 is 5.11 Å². The van der Waals surface area contributed by atoms with Gasteiger partial charge in [-0.25, -0.2) is 0 Å². The molecular weight excluding hydrogens is 222 g/mol. The third-order valence-electron chi connectivity index (χ3n) is 2.76. The molecule has 0 aromatic heterocycles. The Morgan fingerprint density at radius 3 is 2.35 bits per heavy atom. The first-order valence-corrected chi connectivity index (χ1v) is 5.29. The molecule has 1 rings (SSSR count). The van der Waals surface area contributed by atoms with E-state index in [2.05, 4.69) is 0 Å². The third kappa shape index (κ3) is 2.27. The number of carbonyl (C=O) groups excluding carboxylic acids is 1. The molecule has 0 radical (unpaired) electrons. The number of Topliss-reactive ketones (excluding diaryl/α,β-unsaturated/α-hetero) is 1. The molecule has 0 aliphatic rings. The molecule has 1 aromatic rings. The van der Waals surface area contributed by atoms with Crippen LogP contribution in [0.2, 0.25) is 0 Å². The van der Waals surface area contributed by atoms with Crippen LogP contribution in [0.15, 0.2) is 6.07 Å². The molecule has 5 heteroatoms. The van der Waals surface area contributed by atoms with Gasteiger partial charge in [0.25, 0.3) is 0 Å². The maximum Gasteiger partial charge on any atom is 0.314 e. The van der Waals surface area contributed by atoms with Crippen molar-refractivity contribution in [3.63, 3.8) is 0 Å². The van der Waals surface area contributed by atoms with E-state index in [-0.39, 0.29) is 23.0 Å². The predicted octanol–water partition coefficient (Wildman–Crippen LogP) is 2.76. The third-order valence-corrected chi connectivity index (χ3v) is 2.76. The van der Waals surface area contributed by atoms with Crippen molar-refractivity contribution in [2.24, 2.45) is 5.92 Å². The van der Waals surface area contributed by atoms with Crippen LogP contribution in [0.3, 0.4) is 0 Å². The van der Waals surface area contributed by atoms with E-state index in [1.54, 1.807) is 27.7 Å². The summed E-state index contributed by atoms with van der Waals surface area (Å²) in [5.41, 5.74) is 0.648. The number of nitro groups is 1. The number of nitrogens with zero attached hydrogens (tertiary/aromatic N) is 1. The van der Waals surface area contributed by atoms with Crippen molar-refractivity contribution in [3.05, 3.63) is 32.9 Å². The molecule has 0 saturated heterocycles. The fraction of sp³-hybridized carbons (Fsp3) is 0.417. The molecule has 0 aliphatic carbocycles. The van der Waals surface area contributed by atoms with Crippen molar-refractivity contribution in [3.8, 4) is 5.75 Å². The second kappa shape index (κ2) is 4.53. The van der Waals surface area contributed by atoms with Crippen LogP contribution >= 0.6 is 0 Å². The SMILES string of the molecule is Cc1cc(C(=O)C(C)C)c(O)c([N+](=O)[O-])c1C. The first kappa shape index (κ1) is 13.2. The molecule has 0 heterocycles. The van der Waals surface area contributed by atoms with E-state index in [9.17, 15) is 20.0 Å². The first-order valence-electron chi connectivity index (χ1n) is 5.29. The number of phenolic OH excluding ortho intramolecular Hbond substituents is 1. The number of benzene rings is 1. The van der Waals surface area contributed by atoms with Crippen LogP contribution in [0.1, 0.15) is 35.3 Å². The zero-order valence-electron chi connectivity index (χ0n) is 10.3. The summed E-state index contributed by atoms with van der Waals surface area (Å²) < 4.78 is 0. The Morgan fingerprint density at radius 2 is 1.94 bits per heavy atom. The van der Waals surface area contributed by atoms with E-state index < -0.39 is 10.7 Å². The summed E-state index contributed by atoms with van der Waals surface area (Å²) in [4.78, 5) is 22.0. The minimum Gasteiger partial charge on any atom is -0.502 e. The summed E-state index contributed by atoms with van der Waals surface area (Å²) in [6.45, 7) is 6.60. The van der Waals surface area contributed by atoms with E-state index in [1.807, 2.05) is 0 Å². The summed E-state index contributed by atoms with van der Waals surface area (Å²) >= 11 is 0. The number of hydrogen-bond acceptors (Lipinski definition) is 4. The fourth-order valence-corrected chi connectivity index (χ4v) is 1.61. The lowest BCUT2D eigenvalue weighted by Gasteiger charge is -2.10. The molecule has 0 atom stereocenters. The van der Waals surface area contributed by atoms with Crippen LogP contribution in [0, 0.1) is 29.9 Å². The first-order chi connectivity index (χ1) is 7.77. The number of aryl methyl sites for hydroxylation is 1. The minimum absolute atomic E-state index is 0.0230. The normalized spacial score (nSPS) is 10.6. The predicted molar refractivity (Wildman–Crippen MR) is 63.4 cm³/mol. The van der Waals surface area contributed by atoms with Crippen molar-refractivity contribution < 1.29 is 14.8 Å². The molecule has 92 valence electrons. The number of nitro benzene ring substituents is 1. The average molecular weight is 237 g/mol. The van der Waals surface area contributed by atoms with Gasteiger partial charge >= 0.3 is 5.69 Å². The molecule has 0 amide bonds. The van der Waals surface area contributed by atoms with Gasteiger partial charge in [-0.15, -0.1) is 0 Å². The fourth-order valence-electron chi connectivity index (χ4n) is 1.61. The highest BCUT2D eigenvalue weighted by atomic mass is 16.6. The Morgan fingerprint density at radius 1 is 1.41 bits per heavy atom. The number of phenols is 1. The van der Waals surface area contributed by atoms with Crippen molar-refractivity contribution >= 4 is 11.5 Å². The number of hydrogen-bond donors (Lipinski definition) is 1. The highest BCUT2D eigenvalue weighted by Crippen LogP contribution is 2.36. The summed E-state index contributed by atoms with van der Waals surface area (Å²) in [7, 11) is 0. The van der Waals surface area contributed by atoms with E-state index in [1.165, 1.54) is 6.07 Å². The Bertz CT molecular complexity index is 492. The van der Waals surface area contributed by atoms with Gasteiger partial charge in [0.2, 0.25) is 5.75 Å². The standard InChI is InChI=1S/C12H15NO4/c1-6(2)11(14)9-5-7(3)8(4)10(12(9)15)13(16)17/h5-6,15H,1-4H3. The van der Waals surface area contributed by atoms with Gasteiger partial charge in [-0.1, -0.05) is 13.8 Å². The second-order valence-electron chi connectivity index (χ2n) is 4.34. The van der Waals surface area contributed by atoms with Crippen LogP contribution < -0.4 is 0 Å². The van der Waals surface area contributed by atoms with Gasteiger partial charge in [-0.05, 0) is 25.5 Å². The lowest BCUT2D eigenvalue weighted by atomic mass is 9.95. The zero-order valence-corrected chi connectivity index (χ0v) is 10.3. The molecular formula is C12H15NO4. The van der Waals surface area contributed by atoms with Gasteiger partial charge in [0.05, 0.1) is 10.5 Å². The number of rotatable bonds is 3. The van der Waals surface area contributed by atoms with Crippen LogP contribution in [0.5, 0.6) is 5.75 Å². The van der Waals surface area contributed by atoms with Gasteiger partial charge in [0, 0.05) is 11.5 Å². The smallest absolute Gasteiger partial charge is 0.314 e. The maximum absolute atomic E-state index is 11.8. The topological polar surface area (TPSA) is 80.4 Å². The van der Waals surface area contributed by atoms with Gasteiger partial charge in [0.1, 0.15) is 0 Å². The molecule has 1 N–H and O–H groups in total. The van der Waals surface area contributed by atoms with Crippen LogP contribution in [-0.4, -0.2) is 15.8 Å². The lowest BCUT2D eigenvalue weighted by molar-refractivity contribution is -0.386. The van der Waals surface area contributed by atoms with Gasteiger partial charge in [0.15, 0.2) is 5.78 Å². The van der Waals surface area contributed by atoms with Crippen molar-refractivity contribution in [2.45, 2.75) is 27.7 Å². The largest absolute Gasteiger partial charge is 0.502 e. The highest BCUT2D eigenvalue weighted by molar-refractivity contribution is 6.01. The number of aromatic hydroxyl groups is 1. The van der Waals surface area contributed by atoms with E-state index in [0.717, 1.165) is 0 Å². The number of ketones is 1. The minimum atomic E-state index is -0.658. The summed E-state index contributed by atoms with van der Waals surface area (Å²) in [6.07, 6.45) is 0. The Balaban J connectivity index is 3.56. The second-order valence-corrected chi connectivity index (χ2v) is 4.34. The Labute approximate surface area is 99.2 Å². The average Bonchev–Trinajstić information content (AvgIpc) is 2.22. The Kier molecular flexibility index (Phi) is 3.50. The van der Waals surface area contributed by atoms with Crippen molar-refractivity contribution in [1.29, 1.82) is 0 Å². The zero-order chi connectivity index (χ0) is 13.3. The lowest BCUT2D eigenvalue weighted by Crippen LogP contribution is -2.10. The molecule has 17 heavy (non-hydrogen) atoms. The molecule has 1 aromatic carbocycles. The molecule has 0 unspecified atom stereocenters. The van der Waals surface area contributed by atoms with E-state index >= 15 is 0 Å². The maximum atomic E-state index is 11.8. The quantitative estimate of drug-likeness (QED) is 0.498. The molecule has 0 aliphatic heterocycles. The number of carbonyl (C=O) groups is 1. The summed E-state index contributed by atoms with van der Waals surface area (Å²) in [5, 5.41) is 20.7. The van der Waals surface area contributed by atoms with E-state index in [4.69, 9.17) is 0 Å². The van der Waals surface area contributed by atoms with Crippen molar-refractivity contribution in [2.75, 3.05) is 0 Å². The monoisotopic (exact) mass is 237 g/mol. The van der Waals surface area contributed by atoms with Gasteiger partial charge in [-0.2, -0.15) is 0 Å². The Hall–Kier alpha value is -1.91. The molecule has 0 spiro atoms.